The number of ether oxygens (including phenoxy) is 6. The zero-order valence-corrected chi connectivity index (χ0v) is 14.4. The van der Waals surface area contributed by atoms with Crippen molar-refractivity contribution in [3.8, 4) is 23.0 Å². The molecule has 4 aliphatic heterocycles. The fourth-order valence-electron chi connectivity index (χ4n) is 4.43. The van der Waals surface area contributed by atoms with Crippen LogP contribution in [0.5, 0.6) is 23.0 Å². The van der Waals surface area contributed by atoms with Gasteiger partial charge < -0.3 is 33.5 Å². The largest absolute Gasteiger partial charge is 0.454 e. The summed E-state index contributed by atoms with van der Waals surface area (Å²) in [7, 11) is 0. The van der Waals surface area contributed by atoms with Crippen molar-refractivity contribution in [3.05, 3.63) is 47.5 Å². The molecule has 27 heavy (non-hydrogen) atoms. The quantitative estimate of drug-likeness (QED) is 0.870. The Bertz CT molecular complexity index is 913. The highest BCUT2D eigenvalue weighted by Gasteiger charge is 2.59. The van der Waals surface area contributed by atoms with E-state index in [1.54, 1.807) is 0 Å². The Hall–Kier alpha value is -2.48. The molecule has 1 N–H and O–H groups in total. The Morgan fingerprint density at radius 2 is 1.41 bits per heavy atom. The van der Waals surface area contributed by atoms with Gasteiger partial charge >= 0.3 is 0 Å². The van der Waals surface area contributed by atoms with E-state index in [0.717, 1.165) is 16.9 Å². The van der Waals surface area contributed by atoms with Crippen molar-refractivity contribution in [1.29, 1.82) is 0 Å². The van der Waals surface area contributed by atoms with Gasteiger partial charge in [0.1, 0.15) is 11.7 Å². The predicted molar refractivity (Wildman–Crippen MR) is 91.0 cm³/mol. The summed E-state index contributed by atoms with van der Waals surface area (Å²) in [6.07, 6.45) is -0.737. The molecule has 0 unspecified atom stereocenters. The van der Waals surface area contributed by atoms with Crippen LogP contribution in [-0.4, -0.2) is 37.5 Å². The van der Waals surface area contributed by atoms with Crippen molar-refractivity contribution in [2.24, 2.45) is 5.92 Å². The van der Waals surface area contributed by atoms with Gasteiger partial charge in [-0.1, -0.05) is 12.1 Å². The highest BCUT2D eigenvalue weighted by atomic mass is 16.7. The summed E-state index contributed by atoms with van der Waals surface area (Å²) < 4.78 is 33.7. The van der Waals surface area contributed by atoms with Crippen molar-refractivity contribution in [2.45, 2.75) is 17.8 Å². The molecule has 0 radical (unpaired) electrons. The van der Waals surface area contributed by atoms with Gasteiger partial charge in [0.25, 0.3) is 0 Å². The van der Waals surface area contributed by atoms with E-state index in [1.165, 1.54) is 0 Å². The molecule has 6 rings (SSSR count). The van der Waals surface area contributed by atoms with E-state index in [0.29, 0.717) is 23.9 Å². The zero-order valence-electron chi connectivity index (χ0n) is 14.4. The summed E-state index contributed by atoms with van der Waals surface area (Å²) in [6.45, 7) is 1.06. The number of fused-ring (bicyclic) bond motifs is 3. The SMILES string of the molecule is O[C@]12CO[C@H](c3ccc4c(c3)OCO4)[C@H]1CO[C@@H]2c1ccc2c(c1)OCO2. The molecule has 0 saturated carbocycles. The van der Waals surface area contributed by atoms with Crippen molar-refractivity contribution in [3.63, 3.8) is 0 Å². The molecular weight excluding hydrogens is 352 g/mol. The number of benzene rings is 2. The molecule has 0 bridgehead atoms. The summed E-state index contributed by atoms with van der Waals surface area (Å²) in [5, 5.41) is 11.4. The normalized spacial score (nSPS) is 32.7. The van der Waals surface area contributed by atoms with Crippen LogP contribution in [0.3, 0.4) is 0 Å². The summed E-state index contributed by atoms with van der Waals surface area (Å²) >= 11 is 0. The third-order valence-electron chi connectivity index (χ3n) is 5.82. The molecule has 2 saturated heterocycles. The lowest BCUT2D eigenvalue weighted by molar-refractivity contribution is -0.0628. The Kier molecular flexibility index (Phi) is 3.18. The van der Waals surface area contributed by atoms with Crippen LogP contribution in [0.1, 0.15) is 23.3 Å². The predicted octanol–water partition coefficient (Wildman–Crippen LogP) is 2.33. The van der Waals surface area contributed by atoms with Crippen LogP contribution in [0.15, 0.2) is 36.4 Å². The molecule has 2 aromatic rings. The molecule has 2 aromatic carbocycles. The van der Waals surface area contributed by atoms with Gasteiger partial charge in [0.2, 0.25) is 13.6 Å². The molecule has 0 aliphatic carbocycles. The van der Waals surface area contributed by atoms with Crippen molar-refractivity contribution in [2.75, 3.05) is 26.8 Å². The lowest BCUT2D eigenvalue weighted by atomic mass is 9.81. The summed E-state index contributed by atoms with van der Waals surface area (Å²) in [6, 6.07) is 11.4. The highest BCUT2D eigenvalue weighted by Crippen LogP contribution is 2.54. The van der Waals surface area contributed by atoms with E-state index < -0.39 is 11.7 Å². The van der Waals surface area contributed by atoms with Gasteiger partial charge in [0.05, 0.1) is 19.3 Å². The van der Waals surface area contributed by atoms with Crippen molar-refractivity contribution in [1.82, 2.24) is 0 Å². The van der Waals surface area contributed by atoms with Crippen LogP contribution in [0.25, 0.3) is 0 Å². The molecule has 4 atom stereocenters. The van der Waals surface area contributed by atoms with Gasteiger partial charge in [0.15, 0.2) is 23.0 Å². The smallest absolute Gasteiger partial charge is 0.231 e. The monoisotopic (exact) mass is 370 g/mol. The van der Waals surface area contributed by atoms with Crippen LogP contribution < -0.4 is 18.9 Å². The Morgan fingerprint density at radius 1 is 0.778 bits per heavy atom. The average molecular weight is 370 g/mol. The molecule has 0 spiro atoms. The molecule has 7 nitrogen and oxygen atoms in total. The molecule has 7 heteroatoms. The average Bonchev–Trinajstić information content (AvgIpc) is 3.43. The van der Waals surface area contributed by atoms with Gasteiger partial charge in [-0.25, -0.2) is 0 Å². The molecular formula is C20H18O7. The lowest BCUT2D eigenvalue weighted by Crippen LogP contribution is -2.39. The number of hydrogen-bond acceptors (Lipinski definition) is 7. The maximum atomic E-state index is 11.4. The summed E-state index contributed by atoms with van der Waals surface area (Å²) in [5.74, 6) is 2.65. The third-order valence-corrected chi connectivity index (χ3v) is 5.82. The van der Waals surface area contributed by atoms with Crippen LogP contribution >= 0.6 is 0 Å². The van der Waals surface area contributed by atoms with Crippen molar-refractivity contribution < 1.29 is 33.5 Å². The van der Waals surface area contributed by atoms with Crippen molar-refractivity contribution >= 4 is 0 Å². The highest BCUT2D eigenvalue weighted by molar-refractivity contribution is 5.47. The van der Waals surface area contributed by atoms with Gasteiger partial charge in [-0.3, -0.25) is 0 Å². The molecule has 2 fully saturated rings. The number of aliphatic hydroxyl groups is 1. The first-order valence-electron chi connectivity index (χ1n) is 8.97. The van der Waals surface area contributed by atoms with E-state index in [2.05, 4.69) is 0 Å². The summed E-state index contributed by atoms with van der Waals surface area (Å²) in [5.41, 5.74) is 0.712. The molecule has 4 aliphatic rings. The van der Waals surface area contributed by atoms with Gasteiger partial charge in [-0.2, -0.15) is 0 Å². The van der Waals surface area contributed by atoms with Crippen LogP contribution in [0.2, 0.25) is 0 Å². The van der Waals surface area contributed by atoms with Gasteiger partial charge in [-0.15, -0.1) is 0 Å². The van der Waals surface area contributed by atoms with E-state index in [4.69, 9.17) is 28.4 Å². The Labute approximate surface area is 155 Å². The Balaban J connectivity index is 1.31. The fourth-order valence-corrected chi connectivity index (χ4v) is 4.43. The molecule has 4 heterocycles. The first-order chi connectivity index (χ1) is 13.2. The fraction of sp³-hybridized carbons (Fsp3) is 0.400. The van der Waals surface area contributed by atoms with Crippen LogP contribution in [-0.2, 0) is 9.47 Å². The zero-order chi connectivity index (χ0) is 18.0. The second-order valence-corrected chi connectivity index (χ2v) is 7.27. The van der Waals surface area contributed by atoms with Crippen LogP contribution in [0.4, 0.5) is 0 Å². The molecule has 140 valence electrons. The van der Waals surface area contributed by atoms with Gasteiger partial charge in [0, 0.05) is 5.92 Å². The van der Waals surface area contributed by atoms with E-state index in [1.807, 2.05) is 36.4 Å². The third kappa shape index (κ3) is 2.19. The minimum absolute atomic E-state index is 0.173. The maximum absolute atomic E-state index is 11.4. The number of rotatable bonds is 2. The second kappa shape index (κ2) is 5.51. The van der Waals surface area contributed by atoms with Gasteiger partial charge in [-0.05, 0) is 35.4 Å². The maximum Gasteiger partial charge on any atom is 0.231 e. The number of hydrogen-bond donors (Lipinski definition) is 1. The summed E-state index contributed by atoms with van der Waals surface area (Å²) in [4.78, 5) is 0. The van der Waals surface area contributed by atoms with E-state index >= 15 is 0 Å². The lowest BCUT2D eigenvalue weighted by Gasteiger charge is -2.27. The first kappa shape index (κ1) is 15.6. The minimum Gasteiger partial charge on any atom is -0.454 e. The second-order valence-electron chi connectivity index (χ2n) is 7.27. The van der Waals surface area contributed by atoms with E-state index in [9.17, 15) is 5.11 Å². The molecule has 0 aromatic heterocycles. The molecule has 0 amide bonds. The minimum atomic E-state index is -1.10. The van der Waals surface area contributed by atoms with E-state index in [-0.39, 0.29) is 32.2 Å². The first-order valence-corrected chi connectivity index (χ1v) is 8.97. The van der Waals surface area contributed by atoms with Crippen LogP contribution in [0, 0.1) is 5.92 Å². The Morgan fingerprint density at radius 3 is 2.15 bits per heavy atom. The standard InChI is InChI=1S/C20H18O7/c21-20-8-23-18(11-1-3-14-16(5-11)26-9-24-14)13(20)7-22-19(20)12-2-4-15-17(6-12)27-10-25-15/h1-6,13,18-19,21H,7-10H2/t13-,18-,19-,20-/m1/s1. The topological polar surface area (TPSA) is 75.6 Å².